The lowest BCUT2D eigenvalue weighted by Crippen LogP contribution is -1.93. The van der Waals surface area contributed by atoms with Crippen molar-refractivity contribution in [2.45, 2.75) is 13.3 Å². The Morgan fingerprint density at radius 2 is 2.43 bits per heavy atom. The minimum absolute atomic E-state index is 0.507. The van der Waals surface area contributed by atoms with Crippen molar-refractivity contribution in [1.29, 1.82) is 0 Å². The van der Waals surface area contributed by atoms with Gasteiger partial charge in [-0.15, -0.1) is 11.6 Å². The first-order valence-corrected chi connectivity index (χ1v) is 3.33. The summed E-state index contributed by atoms with van der Waals surface area (Å²) in [5.41, 5.74) is 0. The van der Waals surface area contributed by atoms with Gasteiger partial charge < -0.3 is 0 Å². The lowest BCUT2D eigenvalue weighted by atomic mass is 10.2. The van der Waals surface area contributed by atoms with Crippen LogP contribution in [0.1, 0.15) is 13.3 Å². The van der Waals surface area contributed by atoms with E-state index in [2.05, 4.69) is 19.1 Å². The average Bonchev–Trinajstić information content (AvgIpc) is 1.68. The SMILES string of the molecule is CC(C=S)CCCl. The van der Waals surface area contributed by atoms with E-state index in [0.717, 1.165) is 6.42 Å². The highest BCUT2D eigenvalue weighted by atomic mass is 35.5. The summed E-state index contributed by atoms with van der Waals surface area (Å²) in [4.78, 5) is 0. The van der Waals surface area contributed by atoms with E-state index in [1.54, 1.807) is 5.37 Å². The van der Waals surface area contributed by atoms with Crippen molar-refractivity contribution in [2.75, 3.05) is 5.88 Å². The molecule has 0 aromatic heterocycles. The van der Waals surface area contributed by atoms with E-state index in [0.29, 0.717) is 11.8 Å². The number of hydrogen-bond donors (Lipinski definition) is 0. The average molecular weight is 137 g/mol. The minimum Gasteiger partial charge on any atom is -0.127 e. The number of thiocarbonyl (C=S) groups is 1. The van der Waals surface area contributed by atoms with Crippen molar-refractivity contribution in [3.05, 3.63) is 0 Å². The molecular formula is C5H9ClS. The van der Waals surface area contributed by atoms with Crippen molar-refractivity contribution in [1.82, 2.24) is 0 Å². The molecule has 0 radical (unpaired) electrons. The van der Waals surface area contributed by atoms with Crippen LogP contribution in [0.15, 0.2) is 0 Å². The van der Waals surface area contributed by atoms with Crippen LogP contribution in [-0.2, 0) is 0 Å². The molecule has 0 spiro atoms. The Morgan fingerprint density at radius 3 is 2.57 bits per heavy atom. The molecule has 1 unspecified atom stereocenters. The van der Waals surface area contributed by atoms with Crippen LogP contribution in [0.3, 0.4) is 0 Å². The highest BCUT2D eigenvalue weighted by Gasteiger charge is 1.91. The van der Waals surface area contributed by atoms with E-state index in [1.807, 2.05) is 0 Å². The fourth-order valence-electron chi connectivity index (χ4n) is 0.240. The van der Waals surface area contributed by atoms with Crippen LogP contribution in [0.5, 0.6) is 0 Å². The van der Waals surface area contributed by atoms with Gasteiger partial charge in [-0.05, 0) is 17.7 Å². The van der Waals surface area contributed by atoms with E-state index in [1.165, 1.54) is 0 Å². The topological polar surface area (TPSA) is 0 Å². The summed E-state index contributed by atoms with van der Waals surface area (Å²) in [7, 11) is 0. The first-order chi connectivity index (χ1) is 3.31. The predicted octanol–water partition coefficient (Wildman–Crippen LogP) is 2.25. The van der Waals surface area contributed by atoms with Crippen molar-refractivity contribution in [3.63, 3.8) is 0 Å². The summed E-state index contributed by atoms with van der Waals surface area (Å²) >= 11 is 10.1. The van der Waals surface area contributed by atoms with Gasteiger partial charge in [-0.3, -0.25) is 0 Å². The highest BCUT2D eigenvalue weighted by molar-refractivity contribution is 7.79. The molecule has 7 heavy (non-hydrogen) atoms. The van der Waals surface area contributed by atoms with Crippen molar-refractivity contribution >= 4 is 29.2 Å². The zero-order valence-corrected chi connectivity index (χ0v) is 5.93. The molecule has 0 amide bonds. The van der Waals surface area contributed by atoms with Crippen LogP contribution in [0, 0.1) is 5.92 Å². The van der Waals surface area contributed by atoms with Crippen molar-refractivity contribution < 1.29 is 0 Å². The molecular weight excluding hydrogens is 128 g/mol. The minimum atomic E-state index is 0.507. The summed E-state index contributed by atoms with van der Waals surface area (Å²) < 4.78 is 0. The summed E-state index contributed by atoms with van der Waals surface area (Å²) in [5, 5.41) is 1.75. The third-order valence-corrected chi connectivity index (χ3v) is 1.48. The second kappa shape index (κ2) is 4.54. The van der Waals surface area contributed by atoms with Gasteiger partial charge in [0.25, 0.3) is 0 Å². The smallest absolute Gasteiger partial charge is 0.0229 e. The molecule has 0 aliphatic heterocycles. The van der Waals surface area contributed by atoms with Crippen molar-refractivity contribution in [2.24, 2.45) is 5.92 Å². The predicted molar refractivity (Wildman–Crippen MR) is 38.2 cm³/mol. The van der Waals surface area contributed by atoms with Gasteiger partial charge in [0.15, 0.2) is 0 Å². The Labute approximate surface area is 54.9 Å². The normalized spacial score (nSPS) is 13.4. The third-order valence-electron chi connectivity index (χ3n) is 0.797. The molecule has 0 saturated heterocycles. The van der Waals surface area contributed by atoms with Gasteiger partial charge in [0.1, 0.15) is 0 Å². The molecule has 0 saturated carbocycles. The molecule has 0 bridgehead atoms. The van der Waals surface area contributed by atoms with E-state index >= 15 is 0 Å². The Hall–Kier alpha value is 0.380. The number of hydrogen-bond acceptors (Lipinski definition) is 1. The lowest BCUT2D eigenvalue weighted by Gasteiger charge is -1.96. The van der Waals surface area contributed by atoms with Gasteiger partial charge in [-0.2, -0.15) is 0 Å². The summed E-state index contributed by atoms with van der Waals surface area (Å²) in [6.45, 7) is 2.06. The van der Waals surface area contributed by atoms with Gasteiger partial charge in [-0.1, -0.05) is 19.1 Å². The van der Waals surface area contributed by atoms with Crippen LogP contribution < -0.4 is 0 Å². The quantitative estimate of drug-likeness (QED) is 0.424. The molecule has 0 N–H and O–H groups in total. The Balaban J connectivity index is 2.98. The fourth-order valence-corrected chi connectivity index (χ4v) is 0.720. The molecule has 0 heterocycles. The maximum atomic E-state index is 5.41. The van der Waals surface area contributed by atoms with Crippen LogP contribution in [0.2, 0.25) is 0 Å². The largest absolute Gasteiger partial charge is 0.127 e. The zero-order valence-electron chi connectivity index (χ0n) is 4.36. The zero-order chi connectivity index (χ0) is 5.70. The first-order valence-electron chi connectivity index (χ1n) is 2.32. The number of halogens is 1. The van der Waals surface area contributed by atoms with Gasteiger partial charge in [0.05, 0.1) is 0 Å². The molecule has 2 heteroatoms. The van der Waals surface area contributed by atoms with Crippen LogP contribution in [-0.4, -0.2) is 11.2 Å². The third kappa shape index (κ3) is 4.23. The summed E-state index contributed by atoms with van der Waals surface area (Å²) in [6.07, 6.45) is 1.01. The van der Waals surface area contributed by atoms with Gasteiger partial charge in [-0.25, -0.2) is 0 Å². The maximum absolute atomic E-state index is 5.41. The standard InChI is InChI=1S/C5H9ClS/c1-5(4-7)2-3-6/h4-5H,2-3H2,1H3. The second-order valence-electron chi connectivity index (χ2n) is 1.59. The van der Waals surface area contributed by atoms with Crippen molar-refractivity contribution in [3.8, 4) is 0 Å². The summed E-state index contributed by atoms with van der Waals surface area (Å²) in [5.74, 6) is 1.22. The maximum Gasteiger partial charge on any atom is 0.0229 e. The molecule has 0 aromatic carbocycles. The second-order valence-corrected chi connectivity index (χ2v) is 2.24. The summed E-state index contributed by atoms with van der Waals surface area (Å²) in [6, 6.07) is 0. The highest BCUT2D eigenvalue weighted by Crippen LogP contribution is 1.98. The molecule has 0 nitrogen and oxygen atoms in total. The van der Waals surface area contributed by atoms with Gasteiger partial charge >= 0.3 is 0 Å². The molecule has 0 aliphatic rings. The van der Waals surface area contributed by atoms with E-state index in [-0.39, 0.29) is 0 Å². The molecule has 0 aromatic rings. The Kier molecular flexibility index (Phi) is 4.78. The molecule has 42 valence electrons. The van der Waals surface area contributed by atoms with E-state index < -0.39 is 0 Å². The van der Waals surface area contributed by atoms with E-state index in [9.17, 15) is 0 Å². The molecule has 0 aliphatic carbocycles. The van der Waals surface area contributed by atoms with Gasteiger partial charge in [0, 0.05) is 5.88 Å². The Bertz CT molecular complexity index is 54.0. The van der Waals surface area contributed by atoms with Gasteiger partial charge in [0.2, 0.25) is 0 Å². The number of rotatable bonds is 3. The first kappa shape index (κ1) is 7.38. The van der Waals surface area contributed by atoms with Crippen LogP contribution >= 0.6 is 23.8 Å². The molecule has 1 atom stereocenters. The van der Waals surface area contributed by atoms with Crippen LogP contribution in [0.25, 0.3) is 0 Å². The monoisotopic (exact) mass is 136 g/mol. The molecule has 0 rings (SSSR count). The lowest BCUT2D eigenvalue weighted by molar-refractivity contribution is 0.768. The van der Waals surface area contributed by atoms with Crippen LogP contribution in [0.4, 0.5) is 0 Å². The number of alkyl halides is 1. The fraction of sp³-hybridized carbons (Fsp3) is 0.800. The molecule has 0 fully saturated rings. The van der Waals surface area contributed by atoms with E-state index in [4.69, 9.17) is 11.6 Å². The Morgan fingerprint density at radius 1 is 1.86 bits per heavy atom.